The van der Waals surface area contributed by atoms with Crippen molar-refractivity contribution >= 4 is 83.5 Å². The second-order valence-electron chi connectivity index (χ2n) is 13.6. The molecule has 0 fully saturated rings. The standard InChI is InChI=1S/C39H42BrCl2N7O4S/c1-6-18-47(19-7-2)36-35(42)24(3)49(44-36)34-17-12-25(37(50)45-54(52,53)28-13-14-29-30(21-28)32(40)15-16-33(29)41)20-31(34)38(51)48-23-27-11-9-8-10-26(27)22-43-39(48)46(4)5/h8-17,20-21,26-27H,6-7,18-19,22-23H2,1-5H3,(H,45,50). The highest BCUT2D eigenvalue weighted by atomic mass is 79.9. The number of rotatable bonds is 10. The summed E-state index contributed by atoms with van der Waals surface area (Å²) >= 11 is 16.7. The zero-order chi connectivity index (χ0) is 38.9. The number of nitrogens with one attached hydrogen (secondary N) is 1. The van der Waals surface area contributed by atoms with E-state index < -0.39 is 21.8 Å². The van der Waals surface area contributed by atoms with E-state index in [1.807, 2.05) is 33.2 Å². The monoisotopic (exact) mass is 853 g/mol. The molecule has 15 heteroatoms. The summed E-state index contributed by atoms with van der Waals surface area (Å²) in [5.74, 6) is -0.168. The summed E-state index contributed by atoms with van der Waals surface area (Å²) < 4.78 is 31.7. The van der Waals surface area contributed by atoms with Crippen LogP contribution in [0, 0.1) is 18.8 Å². The van der Waals surface area contributed by atoms with Gasteiger partial charge in [-0.05, 0) is 67.6 Å². The fourth-order valence-electron chi connectivity index (χ4n) is 6.82. The zero-order valence-electron chi connectivity index (χ0n) is 30.7. The van der Waals surface area contributed by atoms with Crippen LogP contribution in [-0.2, 0) is 10.0 Å². The number of hydrogen-bond acceptors (Lipinski definition) is 8. The molecule has 1 aliphatic heterocycles. The summed E-state index contributed by atoms with van der Waals surface area (Å²) in [5.41, 5.74) is 1.08. The summed E-state index contributed by atoms with van der Waals surface area (Å²) in [5, 5.41) is 7.06. The molecule has 2 amide bonds. The Balaban J connectivity index is 1.44. The van der Waals surface area contributed by atoms with Crippen molar-refractivity contribution < 1.29 is 18.0 Å². The van der Waals surface area contributed by atoms with Gasteiger partial charge in [0.1, 0.15) is 5.02 Å². The van der Waals surface area contributed by atoms with Crippen LogP contribution in [0.25, 0.3) is 16.5 Å². The average Bonchev–Trinajstić information content (AvgIpc) is 3.31. The minimum Gasteiger partial charge on any atom is -0.354 e. The highest BCUT2D eigenvalue weighted by molar-refractivity contribution is 9.10. The highest BCUT2D eigenvalue weighted by Crippen LogP contribution is 2.34. The van der Waals surface area contributed by atoms with E-state index in [1.54, 1.807) is 38.7 Å². The molecule has 0 spiro atoms. The van der Waals surface area contributed by atoms with Gasteiger partial charge in [-0.3, -0.25) is 19.5 Å². The predicted molar refractivity (Wildman–Crippen MR) is 220 cm³/mol. The molecule has 6 rings (SSSR count). The first-order valence-electron chi connectivity index (χ1n) is 17.7. The van der Waals surface area contributed by atoms with Gasteiger partial charge in [-0.2, -0.15) is 0 Å². The third-order valence-corrected chi connectivity index (χ3v) is 12.3. The summed E-state index contributed by atoms with van der Waals surface area (Å²) in [6, 6.07) is 12.4. The summed E-state index contributed by atoms with van der Waals surface area (Å²) in [6.07, 6.45) is 9.91. The third kappa shape index (κ3) is 7.82. The molecule has 2 unspecified atom stereocenters. The van der Waals surface area contributed by atoms with Crippen LogP contribution in [0.3, 0.4) is 0 Å². The van der Waals surface area contributed by atoms with Crippen LogP contribution in [0.5, 0.6) is 0 Å². The number of nitrogens with zero attached hydrogens (tertiary/aromatic N) is 6. The molecule has 2 aliphatic rings. The minimum atomic E-state index is -4.35. The normalized spacial score (nSPS) is 16.9. The summed E-state index contributed by atoms with van der Waals surface area (Å²) in [6.45, 7) is 8.31. The first-order valence-corrected chi connectivity index (χ1v) is 20.8. The molecule has 1 aliphatic carbocycles. The fourth-order valence-corrected chi connectivity index (χ4v) is 8.75. The number of benzene rings is 3. The van der Waals surface area contributed by atoms with Crippen LogP contribution < -0.4 is 9.62 Å². The van der Waals surface area contributed by atoms with E-state index >= 15 is 0 Å². The van der Waals surface area contributed by atoms with Gasteiger partial charge in [-0.25, -0.2) is 17.8 Å². The number of anilines is 1. The molecule has 2 atom stereocenters. The maximum atomic E-state index is 15.0. The highest BCUT2D eigenvalue weighted by Gasteiger charge is 2.34. The molecular weight excluding hydrogens is 813 g/mol. The van der Waals surface area contributed by atoms with Crippen LogP contribution in [0.4, 0.5) is 5.82 Å². The van der Waals surface area contributed by atoms with Crippen LogP contribution in [0.1, 0.15) is 53.1 Å². The van der Waals surface area contributed by atoms with Crippen molar-refractivity contribution in [3.8, 4) is 5.69 Å². The number of halogens is 3. The Bertz CT molecular complexity index is 2320. The lowest BCUT2D eigenvalue weighted by molar-refractivity contribution is 0.0822. The first-order chi connectivity index (χ1) is 25.7. The van der Waals surface area contributed by atoms with Crippen molar-refractivity contribution in [3.05, 3.63) is 104 Å². The SMILES string of the molecule is CCCN(CCC)c1nn(-c2ccc(C(=O)NS(=O)(=O)c3ccc4c(Cl)ccc(Br)c4c3)cc2C(=O)N2CC3C=CC=CC3CN=C2N(C)C)c(C)c1Cl. The molecular formula is C39H42BrCl2N7O4S. The van der Waals surface area contributed by atoms with Crippen LogP contribution in [0.15, 0.2) is 87.2 Å². The number of guanidine groups is 1. The number of amides is 2. The van der Waals surface area contributed by atoms with Gasteiger partial charge in [-0.1, -0.05) is 83.3 Å². The number of allylic oxidation sites excluding steroid dienone is 2. The Morgan fingerprint density at radius 1 is 0.963 bits per heavy atom. The molecule has 2 heterocycles. The van der Waals surface area contributed by atoms with E-state index in [0.717, 1.165) is 25.9 Å². The van der Waals surface area contributed by atoms with Crippen molar-refractivity contribution in [1.82, 2.24) is 24.3 Å². The molecule has 1 N–H and O–H groups in total. The average molecular weight is 856 g/mol. The van der Waals surface area contributed by atoms with E-state index in [2.05, 4.69) is 51.6 Å². The quantitative estimate of drug-likeness (QED) is 0.172. The maximum Gasteiger partial charge on any atom is 0.265 e. The molecule has 0 bridgehead atoms. The molecule has 1 aromatic heterocycles. The van der Waals surface area contributed by atoms with Gasteiger partial charge in [0.05, 0.1) is 21.8 Å². The molecule has 0 saturated heterocycles. The van der Waals surface area contributed by atoms with Gasteiger partial charge < -0.3 is 9.80 Å². The number of carbonyl (C=O) groups excluding carboxylic acids is 2. The van der Waals surface area contributed by atoms with Gasteiger partial charge in [0.15, 0.2) is 5.82 Å². The zero-order valence-corrected chi connectivity index (χ0v) is 34.6. The van der Waals surface area contributed by atoms with E-state index in [-0.39, 0.29) is 27.9 Å². The minimum absolute atomic E-state index is 0.00114. The molecule has 11 nitrogen and oxygen atoms in total. The van der Waals surface area contributed by atoms with Crippen LogP contribution >= 0.6 is 39.1 Å². The van der Waals surface area contributed by atoms with Gasteiger partial charge in [0.2, 0.25) is 5.96 Å². The number of aliphatic imine (C=N–C) groups is 1. The lowest BCUT2D eigenvalue weighted by Crippen LogP contribution is -2.46. The Morgan fingerprint density at radius 3 is 2.35 bits per heavy atom. The van der Waals surface area contributed by atoms with Crippen molar-refractivity contribution in [1.29, 1.82) is 0 Å². The number of sulfonamides is 1. The van der Waals surface area contributed by atoms with Gasteiger partial charge in [0.25, 0.3) is 21.8 Å². The van der Waals surface area contributed by atoms with E-state index in [1.165, 1.54) is 24.3 Å². The maximum absolute atomic E-state index is 15.0. The van der Waals surface area contributed by atoms with E-state index in [0.29, 0.717) is 61.5 Å². The number of aromatic nitrogens is 2. The fraction of sp³-hybridized carbons (Fsp3) is 0.333. The molecule has 54 heavy (non-hydrogen) atoms. The molecule has 0 radical (unpaired) electrons. The molecule has 284 valence electrons. The summed E-state index contributed by atoms with van der Waals surface area (Å²) in [4.78, 5) is 39.1. The smallest absolute Gasteiger partial charge is 0.265 e. The molecule has 4 aromatic rings. The number of hydrogen-bond donors (Lipinski definition) is 1. The van der Waals surface area contributed by atoms with E-state index in [4.69, 9.17) is 33.3 Å². The van der Waals surface area contributed by atoms with Crippen molar-refractivity contribution in [2.24, 2.45) is 16.8 Å². The Hall–Kier alpha value is -4.17. The predicted octanol–water partition coefficient (Wildman–Crippen LogP) is 7.88. The van der Waals surface area contributed by atoms with Gasteiger partial charge in [-0.15, -0.1) is 5.10 Å². The topological polar surface area (TPSA) is 120 Å². The lowest BCUT2D eigenvalue weighted by Gasteiger charge is -2.30. The number of fused-ring (bicyclic) bond motifs is 2. The van der Waals surface area contributed by atoms with Gasteiger partial charge >= 0.3 is 0 Å². The van der Waals surface area contributed by atoms with Crippen molar-refractivity contribution in [3.63, 3.8) is 0 Å². The van der Waals surface area contributed by atoms with Gasteiger partial charge in [0, 0.05) is 72.6 Å². The Labute approximate surface area is 334 Å². The molecule has 3 aromatic carbocycles. The largest absolute Gasteiger partial charge is 0.354 e. The van der Waals surface area contributed by atoms with Crippen LogP contribution in [0.2, 0.25) is 10.0 Å². The summed E-state index contributed by atoms with van der Waals surface area (Å²) in [7, 11) is -0.696. The van der Waals surface area contributed by atoms with Crippen molar-refractivity contribution in [2.45, 2.75) is 38.5 Å². The number of carbonyl (C=O) groups is 2. The second-order valence-corrected chi connectivity index (χ2v) is 16.9. The Morgan fingerprint density at radius 2 is 1.67 bits per heavy atom. The van der Waals surface area contributed by atoms with Crippen LogP contribution in [-0.4, -0.2) is 86.0 Å². The second kappa shape index (κ2) is 16.3. The van der Waals surface area contributed by atoms with E-state index in [9.17, 15) is 18.0 Å². The lowest BCUT2D eigenvalue weighted by atomic mass is 9.88. The first kappa shape index (κ1) is 39.5. The molecule has 0 saturated carbocycles. The third-order valence-electron chi connectivity index (χ3n) is 9.55. The Kier molecular flexibility index (Phi) is 11.9. The van der Waals surface area contributed by atoms with Crippen molar-refractivity contribution in [2.75, 3.05) is 45.2 Å².